The van der Waals surface area contributed by atoms with Crippen LogP contribution in [0.5, 0.6) is 0 Å². The van der Waals surface area contributed by atoms with E-state index in [1.165, 1.54) is 0 Å². The van der Waals surface area contributed by atoms with Crippen molar-refractivity contribution >= 4 is 46.4 Å². The number of rotatable bonds is 4. The molecule has 0 unspecified atom stereocenters. The minimum atomic E-state index is -0.0918. The van der Waals surface area contributed by atoms with Crippen LogP contribution in [0.2, 0.25) is 20.1 Å². The van der Waals surface area contributed by atoms with Crippen molar-refractivity contribution in [3.8, 4) is 0 Å². The molecule has 0 aliphatic carbocycles. The summed E-state index contributed by atoms with van der Waals surface area (Å²) >= 11 is 24.1. The molecule has 0 radical (unpaired) electrons. The summed E-state index contributed by atoms with van der Waals surface area (Å²) in [5.41, 5.74) is 1.06. The molecule has 90 valence electrons. The van der Waals surface area contributed by atoms with Crippen molar-refractivity contribution in [3.05, 3.63) is 31.2 Å². The standard InChI is InChI=1S/C10H10Cl4O2/c11-7-5(1-3-15)8(12)10(14)6(2-4-16)9(7)13/h15-16H,1-4H2. The number of benzene rings is 1. The third-order valence-corrected chi connectivity index (χ3v) is 4.03. The first kappa shape index (κ1) is 14.4. The zero-order valence-electron chi connectivity index (χ0n) is 8.23. The molecular formula is C10H10Cl4O2. The first-order valence-corrected chi connectivity index (χ1v) is 6.11. The quantitative estimate of drug-likeness (QED) is 0.837. The Morgan fingerprint density at radius 3 is 1.06 bits per heavy atom. The number of halogens is 4. The van der Waals surface area contributed by atoms with Crippen molar-refractivity contribution < 1.29 is 10.2 Å². The predicted octanol–water partition coefficient (Wildman–Crippen LogP) is 3.37. The van der Waals surface area contributed by atoms with Gasteiger partial charge in [0.2, 0.25) is 0 Å². The van der Waals surface area contributed by atoms with Crippen LogP contribution in [0, 0.1) is 0 Å². The zero-order valence-corrected chi connectivity index (χ0v) is 11.3. The monoisotopic (exact) mass is 302 g/mol. The average molecular weight is 304 g/mol. The molecule has 0 aliphatic heterocycles. The lowest BCUT2D eigenvalue weighted by Gasteiger charge is -2.14. The average Bonchev–Trinajstić information content (AvgIpc) is 2.28. The van der Waals surface area contributed by atoms with Crippen molar-refractivity contribution in [2.24, 2.45) is 0 Å². The summed E-state index contributed by atoms with van der Waals surface area (Å²) in [7, 11) is 0. The third-order valence-electron chi connectivity index (χ3n) is 2.17. The van der Waals surface area contributed by atoms with Gasteiger partial charge in [-0.25, -0.2) is 0 Å². The van der Waals surface area contributed by atoms with Crippen LogP contribution in [0.15, 0.2) is 0 Å². The highest BCUT2D eigenvalue weighted by molar-refractivity contribution is 6.48. The Hall–Kier alpha value is 0.300. The van der Waals surface area contributed by atoms with Gasteiger partial charge in [-0.15, -0.1) is 0 Å². The molecule has 0 atom stereocenters. The molecule has 0 aliphatic rings. The lowest BCUT2D eigenvalue weighted by molar-refractivity contribution is 0.298. The van der Waals surface area contributed by atoms with Crippen LogP contribution in [0.1, 0.15) is 11.1 Å². The maximum Gasteiger partial charge on any atom is 0.0643 e. The van der Waals surface area contributed by atoms with Gasteiger partial charge in [0.05, 0.1) is 20.1 Å². The predicted molar refractivity (Wildman–Crippen MR) is 68.1 cm³/mol. The maximum atomic E-state index is 8.88. The minimum absolute atomic E-state index is 0.0918. The fraction of sp³-hybridized carbons (Fsp3) is 0.400. The van der Waals surface area contributed by atoms with Gasteiger partial charge in [0.25, 0.3) is 0 Å². The SMILES string of the molecule is OCCc1c(Cl)c(Cl)c(CCO)c(Cl)c1Cl. The van der Waals surface area contributed by atoms with Crippen LogP contribution in [-0.2, 0) is 12.8 Å². The molecule has 0 aromatic heterocycles. The topological polar surface area (TPSA) is 40.5 Å². The van der Waals surface area contributed by atoms with E-state index >= 15 is 0 Å². The third kappa shape index (κ3) is 2.76. The Morgan fingerprint density at radius 2 is 0.875 bits per heavy atom. The van der Waals surface area contributed by atoms with E-state index in [0.29, 0.717) is 11.1 Å². The van der Waals surface area contributed by atoms with Crippen LogP contribution in [0.4, 0.5) is 0 Å². The molecule has 0 bridgehead atoms. The molecule has 2 N–H and O–H groups in total. The molecular weight excluding hydrogens is 294 g/mol. The highest BCUT2D eigenvalue weighted by Crippen LogP contribution is 2.41. The van der Waals surface area contributed by atoms with Crippen LogP contribution >= 0.6 is 46.4 Å². The smallest absolute Gasteiger partial charge is 0.0643 e. The van der Waals surface area contributed by atoms with Crippen LogP contribution in [0.25, 0.3) is 0 Å². The Kier molecular flexibility index (Phi) is 5.65. The molecule has 0 fully saturated rings. The molecule has 0 saturated heterocycles. The van der Waals surface area contributed by atoms with Crippen molar-refractivity contribution in [1.82, 2.24) is 0 Å². The van der Waals surface area contributed by atoms with Gasteiger partial charge < -0.3 is 10.2 Å². The van der Waals surface area contributed by atoms with Crippen LogP contribution < -0.4 is 0 Å². The lowest BCUT2D eigenvalue weighted by atomic mass is 10.1. The summed E-state index contributed by atoms with van der Waals surface area (Å²) in [6.07, 6.45) is 0.576. The van der Waals surface area contributed by atoms with Crippen molar-refractivity contribution in [3.63, 3.8) is 0 Å². The van der Waals surface area contributed by atoms with E-state index in [4.69, 9.17) is 56.6 Å². The largest absolute Gasteiger partial charge is 0.396 e. The van der Waals surface area contributed by atoms with Gasteiger partial charge in [-0.05, 0) is 24.0 Å². The summed E-state index contributed by atoms with van der Waals surface area (Å²) in [5.74, 6) is 0. The highest BCUT2D eigenvalue weighted by Gasteiger charge is 2.19. The van der Waals surface area contributed by atoms with Crippen molar-refractivity contribution in [1.29, 1.82) is 0 Å². The number of hydrogen-bond donors (Lipinski definition) is 2. The van der Waals surface area contributed by atoms with Gasteiger partial charge in [-0.2, -0.15) is 0 Å². The second-order valence-electron chi connectivity index (χ2n) is 3.16. The van der Waals surface area contributed by atoms with Gasteiger partial charge in [0.1, 0.15) is 0 Å². The molecule has 0 amide bonds. The summed E-state index contributed by atoms with van der Waals surface area (Å²) in [5, 5.41) is 18.9. The zero-order chi connectivity index (χ0) is 12.3. The molecule has 1 aromatic carbocycles. The van der Waals surface area contributed by atoms with E-state index in [9.17, 15) is 0 Å². The van der Waals surface area contributed by atoms with Gasteiger partial charge in [-0.3, -0.25) is 0 Å². The Balaban J connectivity index is 3.37. The molecule has 16 heavy (non-hydrogen) atoms. The number of aliphatic hydroxyl groups is 2. The fourth-order valence-electron chi connectivity index (χ4n) is 1.39. The first-order valence-electron chi connectivity index (χ1n) is 4.60. The highest BCUT2D eigenvalue weighted by atomic mass is 35.5. The van der Waals surface area contributed by atoms with E-state index in [2.05, 4.69) is 0 Å². The van der Waals surface area contributed by atoms with Gasteiger partial charge in [-0.1, -0.05) is 46.4 Å². The van der Waals surface area contributed by atoms with Gasteiger partial charge in [0.15, 0.2) is 0 Å². The lowest BCUT2D eigenvalue weighted by Crippen LogP contribution is -2.00. The Morgan fingerprint density at radius 1 is 0.625 bits per heavy atom. The number of aliphatic hydroxyl groups excluding tert-OH is 2. The van der Waals surface area contributed by atoms with E-state index in [1.807, 2.05) is 0 Å². The van der Waals surface area contributed by atoms with Crippen molar-refractivity contribution in [2.75, 3.05) is 13.2 Å². The molecule has 2 nitrogen and oxygen atoms in total. The second kappa shape index (κ2) is 6.29. The van der Waals surface area contributed by atoms with E-state index in [-0.39, 0.29) is 46.1 Å². The normalized spacial score (nSPS) is 10.9. The Bertz CT molecular complexity index is 327. The van der Waals surface area contributed by atoms with Crippen LogP contribution in [0.3, 0.4) is 0 Å². The summed E-state index contributed by atoms with van der Waals surface area (Å²) in [6, 6.07) is 0. The maximum absolute atomic E-state index is 8.88. The summed E-state index contributed by atoms with van der Waals surface area (Å²) in [6.45, 7) is -0.184. The molecule has 1 aromatic rings. The first-order chi connectivity index (χ1) is 7.54. The Labute approximate surface area is 114 Å². The van der Waals surface area contributed by atoms with E-state index < -0.39 is 0 Å². The molecule has 0 saturated carbocycles. The summed E-state index contributed by atoms with van der Waals surface area (Å²) < 4.78 is 0. The number of hydrogen-bond acceptors (Lipinski definition) is 2. The van der Waals surface area contributed by atoms with Crippen molar-refractivity contribution in [2.45, 2.75) is 12.8 Å². The van der Waals surface area contributed by atoms with Gasteiger partial charge in [0, 0.05) is 13.2 Å². The fourth-order valence-corrected chi connectivity index (χ4v) is 2.69. The second-order valence-corrected chi connectivity index (χ2v) is 4.67. The molecule has 6 heteroatoms. The van der Waals surface area contributed by atoms with E-state index in [0.717, 1.165) is 0 Å². The molecule has 0 spiro atoms. The van der Waals surface area contributed by atoms with E-state index in [1.54, 1.807) is 0 Å². The molecule has 0 heterocycles. The molecule has 1 rings (SSSR count). The minimum Gasteiger partial charge on any atom is -0.396 e. The van der Waals surface area contributed by atoms with Gasteiger partial charge >= 0.3 is 0 Å². The van der Waals surface area contributed by atoms with Crippen LogP contribution in [-0.4, -0.2) is 23.4 Å². The summed E-state index contributed by atoms with van der Waals surface area (Å²) in [4.78, 5) is 0.